The van der Waals surface area contributed by atoms with Crippen molar-refractivity contribution < 1.29 is 9.53 Å². The molecule has 0 N–H and O–H groups in total. The molecule has 1 spiro atoms. The van der Waals surface area contributed by atoms with E-state index >= 15 is 0 Å². The normalized spacial score (nSPS) is 39.1. The van der Waals surface area contributed by atoms with Crippen molar-refractivity contribution in [3.8, 4) is 0 Å². The Bertz CT molecular complexity index is 448. The van der Waals surface area contributed by atoms with E-state index in [4.69, 9.17) is 27.9 Å². The summed E-state index contributed by atoms with van der Waals surface area (Å²) < 4.78 is 5.04. The van der Waals surface area contributed by atoms with Gasteiger partial charge in [0.2, 0.25) is 5.91 Å². The highest BCUT2D eigenvalue weighted by molar-refractivity contribution is 6.53. The fourth-order valence-electron chi connectivity index (χ4n) is 4.56. The molecule has 0 aromatic carbocycles. The van der Waals surface area contributed by atoms with Crippen molar-refractivity contribution in [2.75, 3.05) is 13.7 Å². The molecule has 0 radical (unpaired) electrons. The first-order valence-electron chi connectivity index (χ1n) is 8.05. The van der Waals surface area contributed by atoms with Crippen molar-refractivity contribution in [1.29, 1.82) is 0 Å². The first-order valence-corrected chi connectivity index (χ1v) is 8.81. The van der Waals surface area contributed by atoms with E-state index in [9.17, 15) is 4.79 Å². The number of halogens is 2. The van der Waals surface area contributed by atoms with Gasteiger partial charge in [-0.1, -0.05) is 12.8 Å². The molecular weight excluding hydrogens is 309 g/mol. The topological polar surface area (TPSA) is 29.5 Å². The van der Waals surface area contributed by atoms with Crippen LogP contribution in [0.3, 0.4) is 0 Å². The molecule has 0 heterocycles. The second-order valence-corrected chi connectivity index (χ2v) is 8.75. The van der Waals surface area contributed by atoms with Gasteiger partial charge in [-0.25, -0.2) is 0 Å². The molecule has 3 aliphatic rings. The zero-order valence-electron chi connectivity index (χ0n) is 13.1. The van der Waals surface area contributed by atoms with Crippen molar-refractivity contribution in [2.45, 2.75) is 68.9 Å². The summed E-state index contributed by atoms with van der Waals surface area (Å²) in [6, 6.07) is 0.283. The van der Waals surface area contributed by atoms with Crippen LogP contribution >= 0.6 is 23.2 Å². The minimum absolute atomic E-state index is 0.0960. The van der Waals surface area contributed by atoms with Gasteiger partial charge in [-0.05, 0) is 39.5 Å². The summed E-state index contributed by atoms with van der Waals surface area (Å²) in [6.45, 7) is 4.68. The molecule has 21 heavy (non-hydrogen) atoms. The van der Waals surface area contributed by atoms with E-state index in [1.54, 1.807) is 0 Å². The predicted octanol–water partition coefficient (Wildman–Crippen LogP) is 3.77. The first-order chi connectivity index (χ1) is 9.78. The molecule has 0 aromatic rings. The molecular formula is C16H25Cl2NO2. The zero-order chi connectivity index (χ0) is 15.5. The number of amides is 1. The summed E-state index contributed by atoms with van der Waals surface area (Å²) in [4.78, 5) is 14.7. The van der Waals surface area contributed by atoms with Crippen molar-refractivity contribution in [1.82, 2.24) is 4.90 Å². The highest BCUT2D eigenvalue weighted by Gasteiger charge is 2.70. The average Bonchev–Trinajstić information content (AvgIpc) is 2.85. The van der Waals surface area contributed by atoms with E-state index in [2.05, 4.69) is 0 Å². The second kappa shape index (κ2) is 5.01. The van der Waals surface area contributed by atoms with Crippen LogP contribution in [0, 0.1) is 10.8 Å². The van der Waals surface area contributed by atoms with Gasteiger partial charge < -0.3 is 9.64 Å². The molecule has 3 rings (SSSR count). The van der Waals surface area contributed by atoms with E-state index in [0.717, 1.165) is 13.0 Å². The molecule has 3 atom stereocenters. The summed E-state index contributed by atoms with van der Waals surface area (Å²) in [6.07, 6.45) is 6.65. The van der Waals surface area contributed by atoms with Crippen LogP contribution in [0.4, 0.5) is 0 Å². The summed E-state index contributed by atoms with van der Waals surface area (Å²) in [5.41, 5.74) is -0.436. The molecule has 3 aliphatic carbocycles. The fourth-order valence-corrected chi connectivity index (χ4v) is 5.25. The molecule has 3 nitrogen and oxygen atoms in total. The summed E-state index contributed by atoms with van der Waals surface area (Å²) >= 11 is 12.4. The van der Waals surface area contributed by atoms with Crippen LogP contribution in [-0.4, -0.2) is 40.9 Å². The maximum absolute atomic E-state index is 12.8. The van der Waals surface area contributed by atoms with Crippen LogP contribution in [0.15, 0.2) is 0 Å². The number of hydrogen-bond acceptors (Lipinski definition) is 2. The van der Waals surface area contributed by atoms with Crippen LogP contribution in [0.1, 0.15) is 52.4 Å². The Kier molecular flexibility index (Phi) is 3.79. The number of carbonyl (C=O) groups excluding carboxylic acids is 1. The van der Waals surface area contributed by atoms with Gasteiger partial charge in [0.15, 0.2) is 0 Å². The predicted molar refractivity (Wildman–Crippen MR) is 84.7 cm³/mol. The van der Waals surface area contributed by atoms with Crippen LogP contribution in [-0.2, 0) is 9.53 Å². The molecule has 1 amide bonds. The maximum atomic E-state index is 12.8. The van der Waals surface area contributed by atoms with Gasteiger partial charge in [0.1, 0.15) is 4.33 Å². The summed E-state index contributed by atoms with van der Waals surface area (Å²) in [5, 5.41) is 0. The number of nitrogens with zero attached hydrogens (tertiary/aromatic N) is 1. The zero-order valence-corrected chi connectivity index (χ0v) is 14.6. The Morgan fingerprint density at radius 3 is 2.38 bits per heavy atom. The third-order valence-corrected chi connectivity index (χ3v) is 7.26. The molecule has 0 aromatic heterocycles. The fraction of sp³-hybridized carbons (Fsp3) is 0.938. The Hall–Kier alpha value is 0.01000. The van der Waals surface area contributed by atoms with E-state index in [1.165, 1.54) is 25.7 Å². The van der Waals surface area contributed by atoms with Gasteiger partial charge in [0.25, 0.3) is 0 Å². The van der Waals surface area contributed by atoms with Crippen LogP contribution in [0.2, 0.25) is 0 Å². The monoisotopic (exact) mass is 333 g/mol. The van der Waals surface area contributed by atoms with Gasteiger partial charge >= 0.3 is 0 Å². The lowest BCUT2D eigenvalue weighted by atomic mass is 9.60. The second-order valence-electron chi connectivity index (χ2n) is 7.27. The van der Waals surface area contributed by atoms with Crippen LogP contribution in [0.5, 0.6) is 0 Å². The van der Waals surface area contributed by atoms with Crippen molar-refractivity contribution in [2.24, 2.45) is 10.8 Å². The number of hydrogen-bond donors (Lipinski definition) is 0. The quantitative estimate of drug-likeness (QED) is 0.733. The molecule has 0 bridgehead atoms. The molecule has 3 fully saturated rings. The lowest BCUT2D eigenvalue weighted by Crippen LogP contribution is -2.64. The Labute approximate surface area is 137 Å². The smallest absolute Gasteiger partial charge is 0.231 e. The molecule has 5 heteroatoms. The van der Waals surface area contributed by atoms with E-state index in [0.29, 0.717) is 12.5 Å². The number of ether oxygens (including phenoxy) is 1. The summed E-state index contributed by atoms with van der Waals surface area (Å²) in [7, 11) is 1.92. The largest absolute Gasteiger partial charge is 0.378 e. The van der Waals surface area contributed by atoms with E-state index in [-0.39, 0.29) is 17.4 Å². The third-order valence-electron chi connectivity index (χ3n) is 6.16. The van der Waals surface area contributed by atoms with Gasteiger partial charge in [-0.15, -0.1) is 23.2 Å². The lowest BCUT2D eigenvalue weighted by molar-refractivity contribution is -0.175. The van der Waals surface area contributed by atoms with Crippen molar-refractivity contribution in [3.05, 3.63) is 0 Å². The molecule has 3 saturated carbocycles. The highest BCUT2D eigenvalue weighted by Crippen LogP contribution is 2.65. The Morgan fingerprint density at radius 2 is 1.90 bits per heavy atom. The minimum atomic E-state index is -0.885. The van der Waals surface area contributed by atoms with Gasteiger partial charge in [-0.3, -0.25) is 4.79 Å². The first kappa shape index (κ1) is 15.9. The van der Waals surface area contributed by atoms with E-state index < -0.39 is 9.75 Å². The maximum Gasteiger partial charge on any atom is 0.231 e. The van der Waals surface area contributed by atoms with Gasteiger partial charge in [-0.2, -0.15) is 0 Å². The molecule has 120 valence electrons. The van der Waals surface area contributed by atoms with Crippen LogP contribution in [0.25, 0.3) is 0 Å². The SMILES string of the molecule is CCO[C@@H]1C[C@H](N(C)C(=O)[C@]2(C)CC2(Cl)Cl)C12CCCC2. The standard InChI is InChI=1S/C16H25Cl2NO2/c1-4-21-12-9-11(15(12)7-5-6-8-15)19(3)13(20)14(2)10-16(14,17)18/h11-12H,4-10H2,1-3H3/t11-,12+,14-/m0/s1. The average molecular weight is 334 g/mol. The third kappa shape index (κ3) is 2.14. The van der Waals surface area contributed by atoms with Gasteiger partial charge in [0, 0.05) is 25.1 Å². The number of carbonyl (C=O) groups is 1. The Morgan fingerprint density at radius 1 is 1.33 bits per heavy atom. The number of rotatable bonds is 4. The van der Waals surface area contributed by atoms with Crippen molar-refractivity contribution >= 4 is 29.1 Å². The Balaban J connectivity index is 1.74. The molecule has 0 unspecified atom stereocenters. The molecule has 0 aliphatic heterocycles. The van der Waals surface area contributed by atoms with Gasteiger partial charge in [0.05, 0.1) is 11.5 Å². The minimum Gasteiger partial charge on any atom is -0.378 e. The van der Waals surface area contributed by atoms with Crippen molar-refractivity contribution in [3.63, 3.8) is 0 Å². The lowest BCUT2D eigenvalue weighted by Gasteiger charge is -2.57. The highest BCUT2D eigenvalue weighted by atomic mass is 35.5. The summed E-state index contributed by atoms with van der Waals surface area (Å²) in [5.74, 6) is 0.0960. The number of alkyl halides is 2. The van der Waals surface area contributed by atoms with E-state index in [1.807, 2.05) is 25.8 Å². The molecule has 0 saturated heterocycles. The van der Waals surface area contributed by atoms with Crippen LogP contribution < -0.4 is 0 Å².